The van der Waals surface area contributed by atoms with E-state index in [0.717, 1.165) is 79.8 Å². The molecule has 4 heterocycles. The third-order valence-corrected chi connectivity index (χ3v) is 9.52. The number of hydrogen-bond donors (Lipinski definition) is 4. The second kappa shape index (κ2) is 18.0. The lowest BCUT2D eigenvalue weighted by Crippen LogP contribution is -2.37. The van der Waals surface area contributed by atoms with Crippen molar-refractivity contribution in [3.05, 3.63) is 87.0 Å². The van der Waals surface area contributed by atoms with Crippen molar-refractivity contribution in [2.75, 3.05) is 39.4 Å². The standard InChI is InChI=1S/C23H27FN4O3.C15H25NO3/c1-14-17(23(30)28-9-2-3-19(29)22(28)25-14)8-12-27-10-6-15(7-11-27)21-18-5-4-16(24)13-20(18)31-26-21;1-12(2)16-10-14(18)11-19-15-7-5-13(6-8-15)4-3-9-17/h4-5,13,15,19,29H,2-3,6-12H2,1H3;5-8,12,14,16-18H,3-4,9-11H2,1-2H3. The average molecular weight is 694 g/mol. The third-order valence-electron chi connectivity index (χ3n) is 9.52. The molecule has 2 atom stereocenters. The summed E-state index contributed by atoms with van der Waals surface area (Å²) in [6.07, 6.45) is 4.53. The molecule has 2 aromatic heterocycles. The molecule has 2 aliphatic rings. The second-order valence-electron chi connectivity index (χ2n) is 13.7. The zero-order valence-electron chi connectivity index (χ0n) is 29.5. The lowest BCUT2D eigenvalue weighted by Gasteiger charge is -2.31. The molecule has 0 radical (unpaired) electrons. The fourth-order valence-electron chi connectivity index (χ4n) is 6.64. The third kappa shape index (κ3) is 9.97. The molecular weight excluding hydrogens is 641 g/mol. The van der Waals surface area contributed by atoms with Gasteiger partial charge in [-0.1, -0.05) is 31.1 Å². The number of ether oxygens (including phenoxy) is 1. The summed E-state index contributed by atoms with van der Waals surface area (Å²) < 4.78 is 25.9. The maximum absolute atomic E-state index is 13.4. The van der Waals surface area contributed by atoms with Crippen LogP contribution in [0.5, 0.6) is 5.75 Å². The minimum Gasteiger partial charge on any atom is -0.491 e. The van der Waals surface area contributed by atoms with Gasteiger partial charge < -0.3 is 34.8 Å². The molecule has 4 N–H and O–H groups in total. The number of rotatable bonds is 13. The summed E-state index contributed by atoms with van der Waals surface area (Å²) in [7, 11) is 0. The summed E-state index contributed by atoms with van der Waals surface area (Å²) in [4.78, 5) is 19.9. The van der Waals surface area contributed by atoms with Crippen LogP contribution in [0.2, 0.25) is 0 Å². The van der Waals surface area contributed by atoms with Crippen molar-refractivity contribution in [1.29, 1.82) is 0 Å². The van der Waals surface area contributed by atoms with Crippen molar-refractivity contribution in [2.45, 2.75) is 96.4 Å². The Bertz CT molecular complexity index is 1720. The zero-order chi connectivity index (χ0) is 35.6. The second-order valence-corrected chi connectivity index (χ2v) is 13.7. The SMILES string of the molecule is CC(C)NCC(O)COc1ccc(CCCO)cc1.Cc1nc2n(c(=O)c1CCN1CCC(c3noc4cc(F)ccc34)CC1)CCCC2O. The predicted molar refractivity (Wildman–Crippen MR) is 190 cm³/mol. The van der Waals surface area contributed by atoms with Crippen LogP contribution in [0.4, 0.5) is 4.39 Å². The van der Waals surface area contributed by atoms with Crippen molar-refractivity contribution >= 4 is 11.0 Å². The molecule has 0 amide bonds. The molecule has 0 saturated carbocycles. The molecule has 11 nitrogen and oxygen atoms in total. The topological polar surface area (TPSA) is 146 Å². The van der Waals surface area contributed by atoms with Gasteiger partial charge in [0.2, 0.25) is 0 Å². The largest absolute Gasteiger partial charge is 0.491 e. The first-order valence-electron chi connectivity index (χ1n) is 17.9. The van der Waals surface area contributed by atoms with Crippen LogP contribution in [0, 0.1) is 12.7 Å². The summed E-state index contributed by atoms with van der Waals surface area (Å²) in [6, 6.07) is 12.7. The number of aryl methyl sites for hydroxylation is 2. The Morgan fingerprint density at radius 2 is 1.84 bits per heavy atom. The smallest absolute Gasteiger partial charge is 0.257 e. The van der Waals surface area contributed by atoms with Crippen LogP contribution in [0.25, 0.3) is 11.0 Å². The molecule has 2 unspecified atom stereocenters. The number of piperidine rings is 1. The van der Waals surface area contributed by atoms with Gasteiger partial charge in [0.05, 0.1) is 5.69 Å². The first kappa shape index (κ1) is 37.6. The Kier molecular flexibility index (Phi) is 13.5. The van der Waals surface area contributed by atoms with Crippen LogP contribution in [-0.2, 0) is 19.4 Å². The number of hydrogen-bond acceptors (Lipinski definition) is 10. The lowest BCUT2D eigenvalue weighted by molar-refractivity contribution is 0.104. The molecule has 272 valence electrons. The van der Waals surface area contributed by atoms with Gasteiger partial charge in [0.1, 0.15) is 36.2 Å². The van der Waals surface area contributed by atoms with E-state index >= 15 is 0 Å². The Morgan fingerprint density at radius 3 is 2.56 bits per heavy atom. The van der Waals surface area contributed by atoms with Crippen molar-refractivity contribution < 1.29 is 29.0 Å². The maximum atomic E-state index is 13.4. The van der Waals surface area contributed by atoms with Gasteiger partial charge in [0, 0.05) is 60.9 Å². The van der Waals surface area contributed by atoms with Crippen molar-refractivity contribution in [3.8, 4) is 5.75 Å². The number of aliphatic hydroxyl groups is 3. The van der Waals surface area contributed by atoms with Gasteiger partial charge in [0.15, 0.2) is 5.58 Å². The van der Waals surface area contributed by atoms with Gasteiger partial charge in [-0.2, -0.15) is 0 Å². The van der Waals surface area contributed by atoms with Gasteiger partial charge in [-0.05, 0) is 94.8 Å². The van der Waals surface area contributed by atoms with Crippen molar-refractivity contribution in [1.82, 2.24) is 24.9 Å². The predicted octanol–water partition coefficient (Wildman–Crippen LogP) is 4.43. The van der Waals surface area contributed by atoms with E-state index in [0.29, 0.717) is 49.3 Å². The molecular formula is C38H52FN5O6. The number of benzene rings is 2. The van der Waals surface area contributed by atoms with E-state index in [9.17, 15) is 19.4 Å². The van der Waals surface area contributed by atoms with Crippen LogP contribution in [-0.4, -0.2) is 86.5 Å². The Morgan fingerprint density at radius 1 is 1.08 bits per heavy atom. The highest BCUT2D eigenvalue weighted by Crippen LogP contribution is 2.33. The maximum Gasteiger partial charge on any atom is 0.257 e. The Balaban J connectivity index is 0.000000221. The van der Waals surface area contributed by atoms with E-state index in [4.69, 9.17) is 14.4 Å². The Hall–Kier alpha value is -3.68. The first-order valence-corrected chi connectivity index (χ1v) is 17.9. The monoisotopic (exact) mass is 693 g/mol. The Labute approximate surface area is 293 Å². The van der Waals surface area contributed by atoms with E-state index in [1.165, 1.54) is 17.7 Å². The van der Waals surface area contributed by atoms with Gasteiger partial charge >= 0.3 is 0 Å². The molecule has 0 bridgehead atoms. The average Bonchev–Trinajstić information content (AvgIpc) is 3.53. The number of nitrogens with one attached hydrogen (secondary N) is 1. The lowest BCUT2D eigenvalue weighted by atomic mass is 9.91. The van der Waals surface area contributed by atoms with Crippen LogP contribution in [0.3, 0.4) is 0 Å². The van der Waals surface area contributed by atoms with Crippen LogP contribution in [0.1, 0.15) is 86.3 Å². The molecule has 0 spiro atoms. The number of likely N-dealkylation sites (tertiary alicyclic amines) is 1. The normalized spacial score (nSPS) is 17.4. The van der Waals surface area contributed by atoms with E-state index in [-0.39, 0.29) is 24.6 Å². The van der Waals surface area contributed by atoms with Crippen LogP contribution in [0.15, 0.2) is 51.8 Å². The molecule has 2 aliphatic heterocycles. The zero-order valence-corrected chi connectivity index (χ0v) is 29.5. The van der Waals surface area contributed by atoms with Crippen LogP contribution < -0.4 is 15.6 Å². The highest BCUT2D eigenvalue weighted by Gasteiger charge is 2.27. The van der Waals surface area contributed by atoms with Gasteiger partial charge in [-0.25, -0.2) is 9.37 Å². The number of aromatic nitrogens is 3. The molecule has 6 rings (SSSR count). The van der Waals surface area contributed by atoms with Gasteiger partial charge in [0.25, 0.3) is 5.56 Å². The minimum absolute atomic E-state index is 0.00237. The van der Waals surface area contributed by atoms with E-state index in [1.54, 1.807) is 10.6 Å². The van der Waals surface area contributed by atoms with Crippen molar-refractivity contribution in [2.24, 2.45) is 0 Å². The fraction of sp³-hybridized carbons (Fsp3) is 0.553. The first-order chi connectivity index (χ1) is 24.1. The summed E-state index contributed by atoms with van der Waals surface area (Å²) in [5.74, 6) is 1.25. The summed E-state index contributed by atoms with van der Waals surface area (Å²) in [5.41, 5.74) is 4.08. The number of halogens is 1. The molecule has 1 saturated heterocycles. The highest BCUT2D eigenvalue weighted by atomic mass is 19.1. The van der Waals surface area contributed by atoms with E-state index in [2.05, 4.69) is 20.4 Å². The van der Waals surface area contributed by atoms with Gasteiger partial charge in [-0.3, -0.25) is 9.36 Å². The number of nitrogens with zero attached hydrogens (tertiary/aromatic N) is 4. The molecule has 12 heteroatoms. The van der Waals surface area contributed by atoms with E-state index in [1.807, 2.05) is 45.0 Å². The molecule has 2 aromatic carbocycles. The molecule has 4 aromatic rings. The highest BCUT2D eigenvalue weighted by molar-refractivity contribution is 5.79. The molecule has 0 aliphatic carbocycles. The minimum atomic E-state index is -0.641. The van der Waals surface area contributed by atoms with Gasteiger partial charge in [-0.15, -0.1) is 0 Å². The fourth-order valence-corrected chi connectivity index (χ4v) is 6.64. The quantitative estimate of drug-likeness (QED) is 0.159. The summed E-state index contributed by atoms with van der Waals surface area (Å²) in [6.45, 7) is 10.2. The van der Waals surface area contributed by atoms with Crippen molar-refractivity contribution in [3.63, 3.8) is 0 Å². The number of aliphatic hydroxyl groups excluding tert-OH is 3. The summed E-state index contributed by atoms with van der Waals surface area (Å²) >= 11 is 0. The van der Waals surface area contributed by atoms with E-state index < -0.39 is 12.2 Å². The molecule has 1 fully saturated rings. The molecule has 50 heavy (non-hydrogen) atoms. The summed E-state index contributed by atoms with van der Waals surface area (Å²) in [5, 5.41) is 36.9. The number of fused-ring (bicyclic) bond motifs is 2. The van der Waals surface area contributed by atoms with Crippen LogP contribution >= 0.6 is 0 Å².